The quantitative estimate of drug-likeness (QED) is 0.573. The van der Waals surface area contributed by atoms with E-state index >= 15 is 0 Å². The van der Waals surface area contributed by atoms with Crippen LogP contribution in [-0.2, 0) is 0 Å². The molecule has 0 N–H and O–H groups in total. The van der Waals surface area contributed by atoms with Crippen LogP contribution in [0.4, 0.5) is 5.69 Å². The molecule has 2 rings (SSSR count). The molecule has 0 aliphatic carbocycles. The molecule has 0 atom stereocenters. The van der Waals surface area contributed by atoms with Crippen molar-refractivity contribution in [3.05, 3.63) is 22.5 Å². The molecule has 0 amide bonds. The summed E-state index contributed by atoms with van der Waals surface area (Å²) in [4.78, 5) is 19.8. The van der Waals surface area contributed by atoms with Crippen molar-refractivity contribution in [1.82, 2.24) is 14.9 Å². The van der Waals surface area contributed by atoms with E-state index in [1.165, 1.54) is 0 Å². The first-order valence-corrected chi connectivity index (χ1v) is 5.47. The zero-order valence-electron chi connectivity index (χ0n) is 9.57. The first-order valence-electron chi connectivity index (χ1n) is 5.47. The lowest BCUT2D eigenvalue weighted by molar-refractivity contribution is -0.385. The third-order valence-electron chi connectivity index (χ3n) is 2.76. The molecule has 0 aromatic carbocycles. The van der Waals surface area contributed by atoms with Crippen molar-refractivity contribution < 1.29 is 9.66 Å². The minimum Gasteiger partial charge on any atom is -0.460 e. The third kappa shape index (κ3) is 3.10. The molecule has 92 valence electrons. The molecule has 0 bridgehead atoms. The fourth-order valence-electron chi connectivity index (χ4n) is 1.72. The second-order valence-electron chi connectivity index (χ2n) is 4.10. The Bertz CT molecular complexity index is 387. The molecular weight excluding hydrogens is 224 g/mol. The van der Waals surface area contributed by atoms with Crippen LogP contribution < -0.4 is 4.74 Å². The second-order valence-corrected chi connectivity index (χ2v) is 4.10. The normalized spacial score (nSPS) is 17.9. The minimum atomic E-state index is -0.528. The lowest BCUT2D eigenvalue weighted by atomic mass is 10.1. The van der Waals surface area contributed by atoms with Gasteiger partial charge in [-0.15, -0.1) is 0 Å². The van der Waals surface area contributed by atoms with Crippen molar-refractivity contribution in [2.24, 2.45) is 0 Å². The lowest BCUT2D eigenvalue weighted by Gasteiger charge is -2.28. The summed E-state index contributed by atoms with van der Waals surface area (Å²) >= 11 is 0. The van der Waals surface area contributed by atoms with Crippen LogP contribution >= 0.6 is 0 Å². The Morgan fingerprint density at radius 2 is 2.00 bits per heavy atom. The maximum absolute atomic E-state index is 10.4. The highest BCUT2D eigenvalue weighted by atomic mass is 16.6. The average Bonchev–Trinajstić information content (AvgIpc) is 2.33. The Balaban J connectivity index is 1.92. The first kappa shape index (κ1) is 11.7. The largest absolute Gasteiger partial charge is 0.460 e. The smallest absolute Gasteiger partial charge is 0.317 e. The Hall–Kier alpha value is -1.76. The van der Waals surface area contributed by atoms with Crippen molar-refractivity contribution in [2.45, 2.75) is 18.9 Å². The summed E-state index contributed by atoms with van der Waals surface area (Å²) in [6, 6.07) is 0.213. The van der Waals surface area contributed by atoms with Gasteiger partial charge in [0.25, 0.3) is 0 Å². The van der Waals surface area contributed by atoms with Crippen LogP contribution in [0.25, 0.3) is 0 Å². The maximum atomic E-state index is 10.4. The zero-order chi connectivity index (χ0) is 12.3. The average molecular weight is 238 g/mol. The molecule has 1 saturated heterocycles. The van der Waals surface area contributed by atoms with E-state index in [2.05, 4.69) is 21.9 Å². The molecule has 7 heteroatoms. The first-order chi connectivity index (χ1) is 8.15. The molecule has 0 radical (unpaired) electrons. The summed E-state index contributed by atoms with van der Waals surface area (Å²) in [5.41, 5.74) is -0.124. The number of ether oxygens (including phenoxy) is 1. The lowest BCUT2D eigenvalue weighted by Crippen LogP contribution is -2.35. The number of aromatic nitrogens is 2. The zero-order valence-corrected chi connectivity index (χ0v) is 9.57. The van der Waals surface area contributed by atoms with Crippen LogP contribution in [0.2, 0.25) is 0 Å². The topological polar surface area (TPSA) is 81.4 Å². The fourth-order valence-corrected chi connectivity index (χ4v) is 1.72. The monoisotopic (exact) mass is 238 g/mol. The summed E-state index contributed by atoms with van der Waals surface area (Å²) in [6.45, 7) is 1.97. The van der Waals surface area contributed by atoms with Crippen molar-refractivity contribution in [2.75, 3.05) is 20.1 Å². The fraction of sp³-hybridized carbons (Fsp3) is 0.600. The highest BCUT2D eigenvalue weighted by Gasteiger charge is 2.19. The molecular formula is C10H14N4O3. The molecule has 2 heterocycles. The number of likely N-dealkylation sites (tertiary alicyclic amines) is 1. The van der Waals surface area contributed by atoms with Crippen LogP contribution in [0.1, 0.15) is 12.8 Å². The van der Waals surface area contributed by atoms with Gasteiger partial charge < -0.3 is 9.64 Å². The van der Waals surface area contributed by atoms with E-state index in [0.717, 1.165) is 38.3 Å². The van der Waals surface area contributed by atoms with Gasteiger partial charge in [0.15, 0.2) is 0 Å². The molecule has 7 nitrogen and oxygen atoms in total. The van der Waals surface area contributed by atoms with Crippen LogP contribution in [0.3, 0.4) is 0 Å². The molecule has 1 aliphatic heterocycles. The van der Waals surface area contributed by atoms with Crippen LogP contribution in [0.15, 0.2) is 12.4 Å². The molecule has 17 heavy (non-hydrogen) atoms. The highest BCUT2D eigenvalue weighted by Crippen LogP contribution is 2.16. The molecule has 1 aromatic rings. The van der Waals surface area contributed by atoms with E-state index in [-0.39, 0.29) is 17.8 Å². The molecule has 1 aliphatic rings. The molecule has 1 aromatic heterocycles. The minimum absolute atomic E-state index is 0.104. The van der Waals surface area contributed by atoms with Gasteiger partial charge in [-0.25, -0.2) is 0 Å². The van der Waals surface area contributed by atoms with Crippen LogP contribution in [0, 0.1) is 10.1 Å². The number of hydrogen-bond donors (Lipinski definition) is 0. The molecule has 0 saturated carbocycles. The number of piperidine rings is 1. The third-order valence-corrected chi connectivity index (χ3v) is 2.76. The van der Waals surface area contributed by atoms with Gasteiger partial charge in [-0.3, -0.25) is 10.1 Å². The van der Waals surface area contributed by atoms with Gasteiger partial charge in [0.1, 0.15) is 18.5 Å². The van der Waals surface area contributed by atoms with Crippen molar-refractivity contribution in [1.29, 1.82) is 0 Å². The predicted octanol–water partition coefficient (Wildman–Crippen LogP) is 0.858. The number of nitro groups is 1. The van der Waals surface area contributed by atoms with E-state index in [9.17, 15) is 10.1 Å². The van der Waals surface area contributed by atoms with E-state index in [0.29, 0.717) is 0 Å². The number of rotatable bonds is 3. The molecule has 1 fully saturated rings. The van der Waals surface area contributed by atoms with Crippen LogP contribution in [0.5, 0.6) is 6.01 Å². The van der Waals surface area contributed by atoms with E-state index in [1.54, 1.807) is 0 Å². The van der Waals surface area contributed by atoms with Gasteiger partial charge >= 0.3 is 11.7 Å². The Morgan fingerprint density at radius 3 is 2.53 bits per heavy atom. The van der Waals surface area contributed by atoms with E-state index in [1.807, 2.05) is 0 Å². The summed E-state index contributed by atoms with van der Waals surface area (Å²) in [6.07, 6.45) is 4.29. The second kappa shape index (κ2) is 5.05. The molecule has 0 spiro atoms. The standard InChI is InChI=1S/C10H14N4O3/c1-13-4-2-9(3-5-13)17-10-11-6-8(7-12-10)14(15)16/h6-7,9H,2-5H2,1H3. The predicted molar refractivity (Wildman–Crippen MR) is 59.8 cm³/mol. The summed E-state index contributed by atoms with van der Waals surface area (Å²) < 4.78 is 5.57. The SMILES string of the molecule is CN1CCC(Oc2ncc([N+](=O)[O-])cn2)CC1. The van der Waals surface area contributed by atoms with Crippen molar-refractivity contribution in [3.8, 4) is 6.01 Å². The summed E-state index contributed by atoms with van der Waals surface area (Å²) in [5.74, 6) is 0. The summed E-state index contributed by atoms with van der Waals surface area (Å²) in [7, 11) is 2.07. The van der Waals surface area contributed by atoms with Gasteiger partial charge in [0.2, 0.25) is 0 Å². The van der Waals surface area contributed by atoms with E-state index < -0.39 is 4.92 Å². The Kier molecular flexibility index (Phi) is 3.48. The summed E-state index contributed by atoms with van der Waals surface area (Å²) in [5, 5.41) is 10.4. The van der Waals surface area contributed by atoms with Gasteiger partial charge in [0, 0.05) is 13.1 Å². The maximum Gasteiger partial charge on any atom is 0.317 e. The van der Waals surface area contributed by atoms with Gasteiger partial charge in [-0.1, -0.05) is 0 Å². The van der Waals surface area contributed by atoms with Crippen LogP contribution in [-0.4, -0.2) is 46.0 Å². The molecule has 0 unspecified atom stereocenters. The van der Waals surface area contributed by atoms with Crippen molar-refractivity contribution >= 4 is 5.69 Å². The van der Waals surface area contributed by atoms with Gasteiger partial charge in [-0.05, 0) is 19.9 Å². The number of hydrogen-bond acceptors (Lipinski definition) is 6. The van der Waals surface area contributed by atoms with Crippen molar-refractivity contribution in [3.63, 3.8) is 0 Å². The highest BCUT2D eigenvalue weighted by molar-refractivity contribution is 5.21. The van der Waals surface area contributed by atoms with Gasteiger partial charge in [0.05, 0.1) is 4.92 Å². The van der Waals surface area contributed by atoms with Gasteiger partial charge in [-0.2, -0.15) is 9.97 Å². The van der Waals surface area contributed by atoms with E-state index in [4.69, 9.17) is 4.74 Å². The Morgan fingerprint density at radius 1 is 1.41 bits per heavy atom. The number of nitrogens with zero attached hydrogens (tertiary/aromatic N) is 4. The Labute approximate surface area is 98.6 Å².